The third-order valence-electron chi connectivity index (χ3n) is 3.80. The van der Waals surface area contributed by atoms with Crippen molar-refractivity contribution in [2.75, 3.05) is 20.2 Å². The van der Waals surface area contributed by atoms with Crippen LogP contribution >= 0.6 is 0 Å². The Bertz CT molecular complexity index is 321. The van der Waals surface area contributed by atoms with E-state index in [0.717, 1.165) is 13.0 Å². The minimum Gasteiger partial charge on any atom is -0.351 e. The van der Waals surface area contributed by atoms with E-state index < -0.39 is 0 Å². The summed E-state index contributed by atoms with van der Waals surface area (Å²) in [4.78, 5) is 14.5. The number of carbonyl (C=O) groups excluding carboxylic acids is 1. The standard InChI is InChI=1S/C13H24N2O2/c1-12(2)7-13(3,4)10(14-5)11(16)15(8-12)9-6-17-9/h9-10,14H,6-8H2,1-5H3. The number of hydrogen-bond acceptors (Lipinski definition) is 3. The molecular formula is C13H24N2O2. The first-order chi connectivity index (χ1) is 7.77. The van der Waals surface area contributed by atoms with E-state index >= 15 is 0 Å². The van der Waals surface area contributed by atoms with Gasteiger partial charge in [0.1, 0.15) is 0 Å². The second-order valence-corrected chi connectivity index (χ2v) is 6.81. The largest absolute Gasteiger partial charge is 0.351 e. The summed E-state index contributed by atoms with van der Waals surface area (Å²) in [6.07, 6.45) is 1.05. The molecule has 2 rings (SSSR count). The fourth-order valence-electron chi connectivity index (χ4n) is 3.41. The number of hydrogen-bond donors (Lipinski definition) is 1. The van der Waals surface area contributed by atoms with Gasteiger partial charge in [-0.25, -0.2) is 0 Å². The molecule has 4 heteroatoms. The van der Waals surface area contributed by atoms with Crippen molar-refractivity contribution in [1.82, 2.24) is 10.2 Å². The highest BCUT2D eigenvalue weighted by atomic mass is 16.6. The number of nitrogens with zero attached hydrogens (tertiary/aromatic N) is 1. The van der Waals surface area contributed by atoms with Crippen molar-refractivity contribution in [2.45, 2.75) is 46.4 Å². The van der Waals surface area contributed by atoms with Crippen LogP contribution in [0.4, 0.5) is 0 Å². The number of ether oxygens (including phenoxy) is 1. The van der Waals surface area contributed by atoms with Gasteiger partial charge in [-0.05, 0) is 24.3 Å². The zero-order chi connectivity index (χ0) is 12.8. The SMILES string of the molecule is CNC1C(=O)N(C2CO2)CC(C)(C)CC1(C)C. The third-order valence-corrected chi connectivity index (χ3v) is 3.80. The van der Waals surface area contributed by atoms with Crippen LogP contribution in [-0.2, 0) is 9.53 Å². The van der Waals surface area contributed by atoms with Crippen molar-refractivity contribution in [3.05, 3.63) is 0 Å². The molecule has 98 valence electrons. The van der Waals surface area contributed by atoms with E-state index in [1.54, 1.807) is 0 Å². The average molecular weight is 240 g/mol. The number of carbonyl (C=O) groups is 1. The molecule has 4 nitrogen and oxygen atoms in total. The first-order valence-electron chi connectivity index (χ1n) is 6.36. The minimum atomic E-state index is -0.117. The summed E-state index contributed by atoms with van der Waals surface area (Å²) in [6, 6.07) is -0.117. The number of epoxide rings is 1. The average Bonchev–Trinajstić information content (AvgIpc) is 2.94. The molecule has 0 radical (unpaired) electrons. The van der Waals surface area contributed by atoms with E-state index in [-0.39, 0.29) is 29.0 Å². The van der Waals surface area contributed by atoms with Gasteiger partial charge in [0.05, 0.1) is 12.6 Å². The molecular weight excluding hydrogens is 216 g/mol. The van der Waals surface area contributed by atoms with Crippen LogP contribution in [0.2, 0.25) is 0 Å². The monoisotopic (exact) mass is 240 g/mol. The van der Waals surface area contributed by atoms with E-state index in [1.807, 2.05) is 11.9 Å². The molecule has 2 heterocycles. The van der Waals surface area contributed by atoms with Crippen molar-refractivity contribution in [3.63, 3.8) is 0 Å². The summed E-state index contributed by atoms with van der Waals surface area (Å²) in [5.41, 5.74) is 0.107. The van der Waals surface area contributed by atoms with Gasteiger partial charge in [0.25, 0.3) is 0 Å². The van der Waals surface area contributed by atoms with E-state index in [0.29, 0.717) is 6.61 Å². The van der Waals surface area contributed by atoms with Gasteiger partial charge >= 0.3 is 0 Å². The molecule has 2 fully saturated rings. The van der Waals surface area contributed by atoms with Crippen LogP contribution in [0.3, 0.4) is 0 Å². The first kappa shape index (κ1) is 12.8. The van der Waals surface area contributed by atoms with Crippen LogP contribution in [0.5, 0.6) is 0 Å². The highest BCUT2D eigenvalue weighted by Crippen LogP contribution is 2.41. The molecule has 0 aromatic carbocycles. The van der Waals surface area contributed by atoms with Crippen LogP contribution in [0.15, 0.2) is 0 Å². The number of likely N-dealkylation sites (N-methyl/N-ethyl adjacent to an activating group) is 1. The third kappa shape index (κ3) is 2.47. The Hall–Kier alpha value is -0.610. The molecule has 2 atom stereocenters. The lowest BCUT2D eigenvalue weighted by Gasteiger charge is -2.35. The van der Waals surface area contributed by atoms with Crippen molar-refractivity contribution in [1.29, 1.82) is 0 Å². The van der Waals surface area contributed by atoms with Crippen LogP contribution in [0, 0.1) is 10.8 Å². The Morgan fingerprint density at radius 3 is 2.41 bits per heavy atom. The van der Waals surface area contributed by atoms with E-state index in [1.165, 1.54) is 0 Å². The van der Waals surface area contributed by atoms with Gasteiger partial charge in [0, 0.05) is 6.54 Å². The molecule has 2 aliphatic rings. The molecule has 0 saturated carbocycles. The molecule has 0 aliphatic carbocycles. The van der Waals surface area contributed by atoms with Crippen LogP contribution in [0.25, 0.3) is 0 Å². The van der Waals surface area contributed by atoms with Crippen LogP contribution < -0.4 is 5.32 Å². The van der Waals surface area contributed by atoms with Crippen molar-refractivity contribution < 1.29 is 9.53 Å². The summed E-state index contributed by atoms with van der Waals surface area (Å²) in [5, 5.41) is 3.19. The van der Waals surface area contributed by atoms with E-state index in [4.69, 9.17) is 4.74 Å². The van der Waals surface area contributed by atoms with Gasteiger partial charge in [-0.3, -0.25) is 4.79 Å². The maximum absolute atomic E-state index is 12.5. The smallest absolute Gasteiger partial charge is 0.242 e. The van der Waals surface area contributed by atoms with Crippen LogP contribution in [-0.4, -0.2) is 43.3 Å². The lowest BCUT2D eigenvalue weighted by atomic mass is 9.72. The van der Waals surface area contributed by atoms with Gasteiger partial charge in [-0.2, -0.15) is 0 Å². The van der Waals surface area contributed by atoms with E-state index in [9.17, 15) is 4.79 Å². The van der Waals surface area contributed by atoms with Crippen molar-refractivity contribution >= 4 is 5.91 Å². The summed E-state index contributed by atoms with van der Waals surface area (Å²) in [7, 11) is 1.87. The Balaban J connectivity index is 2.31. The molecule has 0 spiro atoms. The van der Waals surface area contributed by atoms with Gasteiger partial charge in [0.15, 0.2) is 6.23 Å². The lowest BCUT2D eigenvalue weighted by molar-refractivity contribution is -0.137. The predicted molar refractivity (Wildman–Crippen MR) is 66.5 cm³/mol. The Morgan fingerprint density at radius 2 is 1.94 bits per heavy atom. The van der Waals surface area contributed by atoms with Gasteiger partial charge in [-0.15, -0.1) is 0 Å². The lowest BCUT2D eigenvalue weighted by Crippen LogP contribution is -2.51. The van der Waals surface area contributed by atoms with Crippen LogP contribution in [0.1, 0.15) is 34.1 Å². The fraction of sp³-hybridized carbons (Fsp3) is 0.923. The second kappa shape index (κ2) is 3.95. The topological polar surface area (TPSA) is 44.9 Å². The fourth-order valence-corrected chi connectivity index (χ4v) is 3.41. The van der Waals surface area contributed by atoms with Crippen molar-refractivity contribution in [2.24, 2.45) is 10.8 Å². The molecule has 1 N–H and O–H groups in total. The highest BCUT2D eigenvalue weighted by Gasteiger charge is 2.48. The maximum Gasteiger partial charge on any atom is 0.242 e. The quantitative estimate of drug-likeness (QED) is 0.738. The number of likely N-dealkylation sites (tertiary alicyclic amines) is 1. The first-order valence-corrected chi connectivity index (χ1v) is 6.36. The minimum absolute atomic E-state index is 0.0199. The number of amides is 1. The Kier molecular flexibility index (Phi) is 2.99. The Labute approximate surface area is 104 Å². The predicted octanol–water partition coefficient (Wildman–Crippen LogP) is 1.22. The number of nitrogens with one attached hydrogen (secondary N) is 1. The molecule has 0 aromatic heterocycles. The summed E-state index contributed by atoms with van der Waals surface area (Å²) >= 11 is 0. The molecule has 17 heavy (non-hydrogen) atoms. The normalized spacial score (nSPS) is 35.6. The molecule has 0 aromatic rings. The summed E-state index contributed by atoms with van der Waals surface area (Å²) < 4.78 is 5.31. The van der Waals surface area contributed by atoms with E-state index in [2.05, 4.69) is 33.0 Å². The van der Waals surface area contributed by atoms with Gasteiger partial charge in [0.2, 0.25) is 5.91 Å². The second-order valence-electron chi connectivity index (χ2n) is 6.81. The Morgan fingerprint density at radius 1 is 1.35 bits per heavy atom. The molecule has 2 saturated heterocycles. The zero-order valence-electron chi connectivity index (χ0n) is 11.5. The molecule has 0 bridgehead atoms. The molecule has 2 unspecified atom stereocenters. The van der Waals surface area contributed by atoms with Gasteiger partial charge in [-0.1, -0.05) is 27.7 Å². The summed E-state index contributed by atoms with van der Waals surface area (Å²) in [6.45, 7) is 10.3. The van der Waals surface area contributed by atoms with Gasteiger partial charge < -0.3 is 15.0 Å². The zero-order valence-corrected chi connectivity index (χ0v) is 11.5. The molecule has 1 amide bonds. The maximum atomic E-state index is 12.5. The molecule has 2 aliphatic heterocycles. The van der Waals surface area contributed by atoms with Crippen molar-refractivity contribution in [3.8, 4) is 0 Å². The highest BCUT2D eigenvalue weighted by molar-refractivity contribution is 5.83. The summed E-state index contributed by atoms with van der Waals surface area (Å²) in [5.74, 6) is 0.186. The number of rotatable bonds is 2.